The number of likely N-dealkylation sites (tertiary alicyclic amines) is 1. The number of benzene rings is 1. The highest BCUT2D eigenvalue weighted by molar-refractivity contribution is 7.89. The molecule has 0 bridgehead atoms. The van der Waals surface area contributed by atoms with Crippen LogP contribution in [0.4, 0.5) is 0 Å². The van der Waals surface area contributed by atoms with E-state index in [9.17, 15) is 13.2 Å². The largest absolute Gasteiger partial charge is 0.334 e. The minimum atomic E-state index is -3.85. The lowest BCUT2D eigenvalue weighted by molar-refractivity contribution is 0.0532. The standard InChI is InChI=1S/C15H23N3O3S/c1-10-4-3-7-18(13(10)9-16)15(19)12-6-5-11(2)14(8-12)22(17,20)21/h5-6,8,10,13H,3-4,7,9,16H2,1-2H3,(H2,17,20,21)/t10-,13+/m0/s1. The Labute approximate surface area is 131 Å². The molecule has 1 aromatic carbocycles. The molecule has 1 saturated heterocycles. The van der Waals surface area contributed by atoms with Gasteiger partial charge < -0.3 is 10.6 Å². The van der Waals surface area contributed by atoms with Crippen molar-refractivity contribution in [2.24, 2.45) is 16.8 Å². The van der Waals surface area contributed by atoms with Gasteiger partial charge in [0.25, 0.3) is 5.91 Å². The first-order valence-electron chi connectivity index (χ1n) is 7.40. The van der Waals surface area contributed by atoms with Crippen LogP contribution in [0.25, 0.3) is 0 Å². The zero-order valence-electron chi connectivity index (χ0n) is 13.0. The number of nitrogens with zero attached hydrogens (tertiary/aromatic N) is 1. The Morgan fingerprint density at radius 3 is 2.68 bits per heavy atom. The number of primary sulfonamides is 1. The van der Waals surface area contributed by atoms with Crippen molar-refractivity contribution in [1.29, 1.82) is 0 Å². The van der Waals surface area contributed by atoms with Crippen molar-refractivity contribution in [3.63, 3.8) is 0 Å². The summed E-state index contributed by atoms with van der Waals surface area (Å²) in [4.78, 5) is 14.5. The van der Waals surface area contributed by atoms with Crippen LogP contribution in [0.1, 0.15) is 35.7 Å². The molecule has 0 radical (unpaired) electrons. The van der Waals surface area contributed by atoms with E-state index in [1.54, 1.807) is 24.0 Å². The SMILES string of the molecule is Cc1ccc(C(=O)N2CCC[C@H](C)[C@H]2CN)cc1S(N)(=O)=O. The fourth-order valence-corrected chi connectivity index (χ4v) is 3.87. The quantitative estimate of drug-likeness (QED) is 0.858. The average Bonchev–Trinajstić information content (AvgIpc) is 2.45. The van der Waals surface area contributed by atoms with Crippen molar-refractivity contribution < 1.29 is 13.2 Å². The van der Waals surface area contributed by atoms with E-state index >= 15 is 0 Å². The molecule has 6 nitrogen and oxygen atoms in total. The molecule has 2 atom stereocenters. The Hall–Kier alpha value is -1.44. The van der Waals surface area contributed by atoms with Crippen molar-refractivity contribution in [1.82, 2.24) is 4.90 Å². The van der Waals surface area contributed by atoms with E-state index in [4.69, 9.17) is 10.9 Å². The van der Waals surface area contributed by atoms with E-state index in [1.165, 1.54) is 6.07 Å². The first-order valence-corrected chi connectivity index (χ1v) is 8.95. The van der Waals surface area contributed by atoms with Gasteiger partial charge in [-0.05, 0) is 43.4 Å². The van der Waals surface area contributed by atoms with Crippen LogP contribution in [0.2, 0.25) is 0 Å². The first kappa shape index (κ1) is 16.9. The van der Waals surface area contributed by atoms with Crippen LogP contribution in [0.3, 0.4) is 0 Å². The highest BCUT2D eigenvalue weighted by Crippen LogP contribution is 2.25. The molecule has 2 rings (SSSR count). The topological polar surface area (TPSA) is 106 Å². The summed E-state index contributed by atoms with van der Waals surface area (Å²) in [6.45, 7) is 4.78. The minimum absolute atomic E-state index is 0.00675. The fourth-order valence-electron chi connectivity index (χ4n) is 3.07. The van der Waals surface area contributed by atoms with Gasteiger partial charge in [-0.15, -0.1) is 0 Å². The van der Waals surface area contributed by atoms with E-state index in [0.29, 0.717) is 30.1 Å². The lowest BCUT2D eigenvalue weighted by atomic mass is 9.90. The summed E-state index contributed by atoms with van der Waals surface area (Å²) in [7, 11) is -3.85. The maximum atomic E-state index is 12.7. The van der Waals surface area contributed by atoms with Gasteiger partial charge in [-0.2, -0.15) is 0 Å². The van der Waals surface area contributed by atoms with Crippen molar-refractivity contribution in [3.8, 4) is 0 Å². The maximum absolute atomic E-state index is 12.7. The Morgan fingerprint density at radius 2 is 2.09 bits per heavy atom. The summed E-state index contributed by atoms with van der Waals surface area (Å²) in [5.41, 5.74) is 6.68. The predicted octanol–water partition coefficient (Wildman–Crippen LogP) is 0.842. The summed E-state index contributed by atoms with van der Waals surface area (Å²) >= 11 is 0. The van der Waals surface area contributed by atoms with E-state index in [2.05, 4.69) is 6.92 Å². The number of piperidine rings is 1. The van der Waals surface area contributed by atoms with Gasteiger partial charge in [0.05, 0.1) is 4.90 Å². The zero-order chi connectivity index (χ0) is 16.5. The summed E-state index contributed by atoms with van der Waals surface area (Å²) in [5.74, 6) is 0.151. The van der Waals surface area contributed by atoms with Gasteiger partial charge in [0, 0.05) is 24.7 Å². The summed E-state index contributed by atoms with van der Waals surface area (Å²) in [6, 6.07) is 4.59. The second-order valence-electron chi connectivity index (χ2n) is 5.95. The Morgan fingerprint density at radius 1 is 1.41 bits per heavy atom. The molecule has 122 valence electrons. The van der Waals surface area contributed by atoms with Gasteiger partial charge in [-0.25, -0.2) is 13.6 Å². The molecule has 0 saturated carbocycles. The highest BCUT2D eigenvalue weighted by Gasteiger charge is 2.31. The predicted molar refractivity (Wildman–Crippen MR) is 84.8 cm³/mol. The third kappa shape index (κ3) is 3.31. The molecule has 0 aliphatic carbocycles. The Bertz CT molecular complexity index is 673. The number of amides is 1. The van der Waals surface area contributed by atoms with Crippen LogP contribution in [0, 0.1) is 12.8 Å². The van der Waals surface area contributed by atoms with Crippen molar-refractivity contribution in [2.45, 2.75) is 37.6 Å². The molecule has 0 spiro atoms. The molecule has 22 heavy (non-hydrogen) atoms. The number of carbonyl (C=O) groups is 1. The smallest absolute Gasteiger partial charge is 0.254 e. The van der Waals surface area contributed by atoms with Crippen LogP contribution < -0.4 is 10.9 Å². The van der Waals surface area contributed by atoms with E-state index < -0.39 is 10.0 Å². The third-order valence-electron chi connectivity index (χ3n) is 4.36. The molecule has 1 heterocycles. The molecule has 1 fully saturated rings. The third-order valence-corrected chi connectivity index (χ3v) is 5.41. The molecule has 1 aromatic rings. The van der Waals surface area contributed by atoms with Crippen LogP contribution in [-0.4, -0.2) is 38.4 Å². The molecule has 1 aliphatic rings. The normalized spacial score (nSPS) is 22.6. The lowest BCUT2D eigenvalue weighted by Crippen LogP contribution is -2.51. The monoisotopic (exact) mass is 325 g/mol. The second kappa shape index (κ2) is 6.36. The summed E-state index contributed by atoms with van der Waals surface area (Å²) < 4.78 is 23.2. The van der Waals surface area contributed by atoms with Crippen molar-refractivity contribution in [3.05, 3.63) is 29.3 Å². The maximum Gasteiger partial charge on any atom is 0.254 e. The lowest BCUT2D eigenvalue weighted by Gasteiger charge is -2.39. The average molecular weight is 325 g/mol. The molecular formula is C15H23N3O3S. The van der Waals surface area contributed by atoms with Gasteiger partial charge in [0.2, 0.25) is 10.0 Å². The summed E-state index contributed by atoms with van der Waals surface area (Å²) in [5, 5.41) is 5.21. The molecule has 0 aromatic heterocycles. The zero-order valence-corrected chi connectivity index (χ0v) is 13.8. The van der Waals surface area contributed by atoms with Crippen molar-refractivity contribution in [2.75, 3.05) is 13.1 Å². The number of aryl methyl sites for hydroxylation is 1. The summed E-state index contributed by atoms with van der Waals surface area (Å²) in [6.07, 6.45) is 1.97. The van der Waals surface area contributed by atoms with Gasteiger partial charge in [-0.1, -0.05) is 13.0 Å². The molecular weight excluding hydrogens is 302 g/mol. The highest BCUT2D eigenvalue weighted by atomic mass is 32.2. The molecule has 7 heteroatoms. The van der Waals surface area contributed by atoms with Crippen LogP contribution in [0.5, 0.6) is 0 Å². The molecule has 1 aliphatic heterocycles. The number of hydrogen-bond donors (Lipinski definition) is 2. The molecule has 4 N–H and O–H groups in total. The van der Waals surface area contributed by atoms with Crippen LogP contribution in [-0.2, 0) is 10.0 Å². The van der Waals surface area contributed by atoms with Gasteiger partial charge in [0.1, 0.15) is 0 Å². The first-order chi connectivity index (χ1) is 10.3. The van der Waals surface area contributed by atoms with E-state index in [-0.39, 0.29) is 16.8 Å². The van der Waals surface area contributed by atoms with Gasteiger partial charge in [0.15, 0.2) is 0 Å². The van der Waals surface area contributed by atoms with Gasteiger partial charge in [-0.3, -0.25) is 4.79 Å². The Kier molecular flexibility index (Phi) is 4.89. The molecule has 0 unspecified atom stereocenters. The van der Waals surface area contributed by atoms with Crippen molar-refractivity contribution >= 4 is 15.9 Å². The van der Waals surface area contributed by atoms with Gasteiger partial charge >= 0.3 is 0 Å². The number of carbonyl (C=O) groups excluding carboxylic acids is 1. The molecule has 1 amide bonds. The number of hydrogen-bond acceptors (Lipinski definition) is 4. The minimum Gasteiger partial charge on any atom is -0.334 e. The second-order valence-corrected chi connectivity index (χ2v) is 7.48. The van der Waals surface area contributed by atoms with Crippen LogP contribution in [0.15, 0.2) is 23.1 Å². The Balaban J connectivity index is 2.37. The van der Waals surface area contributed by atoms with E-state index in [0.717, 1.165) is 12.8 Å². The number of nitrogens with two attached hydrogens (primary N) is 2. The van der Waals surface area contributed by atoms with Crippen LogP contribution >= 0.6 is 0 Å². The van der Waals surface area contributed by atoms with E-state index in [1.807, 2.05) is 0 Å². The number of rotatable bonds is 3. The fraction of sp³-hybridized carbons (Fsp3) is 0.533. The number of sulfonamides is 1.